The summed E-state index contributed by atoms with van der Waals surface area (Å²) in [5.41, 5.74) is 0.752. The number of esters is 1. The zero-order valence-corrected chi connectivity index (χ0v) is 16.4. The monoisotopic (exact) mass is 390 g/mol. The number of likely N-dealkylation sites (tertiary alicyclic amines) is 1. The van der Waals surface area contributed by atoms with Crippen LogP contribution in [0.15, 0.2) is 29.4 Å². The summed E-state index contributed by atoms with van der Waals surface area (Å²) in [4.78, 5) is 31.8. The number of piperidine rings is 1. The summed E-state index contributed by atoms with van der Waals surface area (Å²) < 4.78 is 18.9. The van der Waals surface area contributed by atoms with Gasteiger partial charge in [0.15, 0.2) is 0 Å². The molecule has 0 amide bonds. The molecule has 6 nitrogen and oxygen atoms in total. The van der Waals surface area contributed by atoms with Gasteiger partial charge in [-0.3, -0.25) is 14.5 Å². The number of ketones is 1. The van der Waals surface area contributed by atoms with Crippen LogP contribution in [0.1, 0.15) is 45.1 Å². The minimum absolute atomic E-state index is 0.121. The minimum atomic E-state index is -0.638. The average Bonchev–Trinajstić information content (AvgIpc) is 3.11. The molecule has 1 fully saturated rings. The molecule has 0 N–H and O–H groups in total. The van der Waals surface area contributed by atoms with Crippen molar-refractivity contribution in [2.75, 3.05) is 26.2 Å². The van der Waals surface area contributed by atoms with Gasteiger partial charge in [0, 0.05) is 18.4 Å². The van der Waals surface area contributed by atoms with Crippen LogP contribution in [-0.2, 0) is 19.2 Å². The maximum Gasteiger partial charge on any atom is 0.312 e. The molecule has 2 aliphatic heterocycles. The van der Waals surface area contributed by atoms with Crippen molar-refractivity contribution in [1.82, 2.24) is 4.90 Å². The predicted molar refractivity (Wildman–Crippen MR) is 102 cm³/mol. The first kappa shape index (κ1) is 20.5. The van der Waals surface area contributed by atoms with Gasteiger partial charge in [-0.15, -0.1) is 0 Å². The molecule has 0 aliphatic carbocycles. The first-order valence-electron chi connectivity index (χ1n) is 9.79. The molecule has 152 valence electrons. The van der Waals surface area contributed by atoms with E-state index >= 15 is 0 Å². The zero-order chi connectivity index (χ0) is 20.1. The Kier molecular flexibility index (Phi) is 6.44. The van der Waals surface area contributed by atoms with Gasteiger partial charge in [0.25, 0.3) is 0 Å². The lowest BCUT2D eigenvalue weighted by atomic mass is 9.73. The minimum Gasteiger partial charge on any atom is -0.466 e. The van der Waals surface area contributed by atoms with Crippen molar-refractivity contribution in [3.05, 3.63) is 35.6 Å². The standard InChI is InChI=1S/C21H27FN2O4/c1-3-27-20(26)21(7-9-24(10-8-21)14-15(2)25)13-18-12-19(23-28-18)16-5-4-6-17(22)11-16/h4-6,11,18H,3,7-10,12-14H2,1-2H3. The third-order valence-corrected chi connectivity index (χ3v) is 5.48. The maximum atomic E-state index is 13.5. The van der Waals surface area contributed by atoms with Crippen molar-refractivity contribution < 1.29 is 23.6 Å². The third kappa shape index (κ3) is 4.76. The molecule has 1 aromatic carbocycles. The Labute approximate surface area is 164 Å². The molecule has 0 bridgehead atoms. The molecule has 1 atom stereocenters. The first-order valence-corrected chi connectivity index (χ1v) is 9.79. The number of hydrogen-bond donors (Lipinski definition) is 0. The van der Waals surface area contributed by atoms with E-state index in [1.807, 2.05) is 0 Å². The molecule has 3 rings (SSSR count). The number of carbonyl (C=O) groups is 2. The summed E-state index contributed by atoms with van der Waals surface area (Å²) >= 11 is 0. The molecular weight excluding hydrogens is 363 g/mol. The van der Waals surface area contributed by atoms with Crippen molar-refractivity contribution in [2.24, 2.45) is 10.6 Å². The Morgan fingerprint density at radius 3 is 2.75 bits per heavy atom. The number of nitrogens with zero attached hydrogens (tertiary/aromatic N) is 2. The van der Waals surface area contributed by atoms with Gasteiger partial charge >= 0.3 is 5.97 Å². The SMILES string of the molecule is CCOC(=O)C1(CC2CC(c3cccc(F)c3)=NO2)CCN(CC(C)=O)CC1. The lowest BCUT2D eigenvalue weighted by Gasteiger charge is -2.40. The molecule has 7 heteroatoms. The molecule has 1 unspecified atom stereocenters. The van der Waals surface area contributed by atoms with E-state index in [1.165, 1.54) is 12.1 Å². The van der Waals surface area contributed by atoms with Gasteiger partial charge in [0.1, 0.15) is 17.7 Å². The van der Waals surface area contributed by atoms with Gasteiger partial charge in [-0.1, -0.05) is 17.3 Å². The van der Waals surface area contributed by atoms with Crippen LogP contribution in [-0.4, -0.2) is 54.7 Å². The zero-order valence-electron chi connectivity index (χ0n) is 16.4. The predicted octanol–water partition coefficient (Wildman–Crippen LogP) is 2.94. The van der Waals surface area contributed by atoms with Gasteiger partial charge in [-0.25, -0.2) is 4.39 Å². The van der Waals surface area contributed by atoms with Crippen molar-refractivity contribution in [3.63, 3.8) is 0 Å². The van der Waals surface area contributed by atoms with Gasteiger partial charge in [-0.05, 0) is 51.9 Å². The second-order valence-corrected chi connectivity index (χ2v) is 7.66. The number of rotatable bonds is 7. The van der Waals surface area contributed by atoms with E-state index in [-0.39, 0.29) is 23.7 Å². The smallest absolute Gasteiger partial charge is 0.312 e. The summed E-state index contributed by atoms with van der Waals surface area (Å²) in [5.74, 6) is -0.402. The molecule has 0 radical (unpaired) electrons. The second-order valence-electron chi connectivity index (χ2n) is 7.66. The molecule has 2 aliphatic rings. The third-order valence-electron chi connectivity index (χ3n) is 5.48. The Balaban J connectivity index is 1.66. The first-order chi connectivity index (χ1) is 13.4. The topological polar surface area (TPSA) is 68.2 Å². The lowest BCUT2D eigenvalue weighted by molar-refractivity contribution is -0.161. The molecule has 2 heterocycles. The van der Waals surface area contributed by atoms with Crippen LogP contribution >= 0.6 is 0 Å². The molecule has 28 heavy (non-hydrogen) atoms. The highest BCUT2D eigenvalue weighted by atomic mass is 19.1. The number of benzene rings is 1. The second kappa shape index (κ2) is 8.82. The van der Waals surface area contributed by atoms with E-state index < -0.39 is 5.41 Å². The fourth-order valence-corrected chi connectivity index (χ4v) is 4.04. The quantitative estimate of drug-likeness (QED) is 0.670. The largest absolute Gasteiger partial charge is 0.466 e. The number of oxime groups is 1. The molecule has 0 aromatic heterocycles. The van der Waals surface area contributed by atoms with Crippen molar-refractivity contribution in [1.29, 1.82) is 0 Å². The highest BCUT2D eigenvalue weighted by molar-refractivity contribution is 6.01. The molecule has 0 saturated carbocycles. The maximum absolute atomic E-state index is 13.5. The fourth-order valence-electron chi connectivity index (χ4n) is 4.04. The van der Waals surface area contributed by atoms with Crippen LogP contribution in [0.4, 0.5) is 4.39 Å². The van der Waals surface area contributed by atoms with E-state index in [2.05, 4.69) is 10.1 Å². The van der Waals surface area contributed by atoms with Crippen molar-refractivity contribution in [2.45, 2.75) is 45.6 Å². The summed E-state index contributed by atoms with van der Waals surface area (Å²) in [6.45, 7) is 5.45. The molecule has 0 spiro atoms. The highest BCUT2D eigenvalue weighted by Crippen LogP contribution is 2.40. The van der Waals surface area contributed by atoms with Crippen LogP contribution in [0.2, 0.25) is 0 Å². The highest BCUT2D eigenvalue weighted by Gasteiger charge is 2.45. The number of Topliss-reactive ketones (excluding diaryl/α,β-unsaturated/α-hetero) is 1. The Hall–Kier alpha value is -2.28. The average molecular weight is 390 g/mol. The number of carbonyl (C=O) groups excluding carboxylic acids is 2. The molecular formula is C21H27FN2O4. The van der Waals surface area contributed by atoms with E-state index in [0.29, 0.717) is 63.2 Å². The summed E-state index contributed by atoms with van der Waals surface area (Å²) in [6.07, 6.45) is 2.02. The van der Waals surface area contributed by atoms with Crippen LogP contribution in [0, 0.1) is 11.2 Å². The van der Waals surface area contributed by atoms with E-state index in [4.69, 9.17) is 9.57 Å². The van der Waals surface area contributed by atoms with Crippen molar-refractivity contribution in [3.8, 4) is 0 Å². The van der Waals surface area contributed by atoms with Crippen LogP contribution in [0.25, 0.3) is 0 Å². The van der Waals surface area contributed by atoms with E-state index in [9.17, 15) is 14.0 Å². The Bertz CT molecular complexity index is 757. The number of ether oxygens (including phenoxy) is 1. The number of halogens is 1. The summed E-state index contributed by atoms with van der Waals surface area (Å²) in [6, 6.07) is 6.27. The molecule has 1 aromatic rings. The van der Waals surface area contributed by atoms with Gasteiger partial charge in [0.05, 0.1) is 24.3 Å². The normalized spacial score (nSPS) is 21.7. The van der Waals surface area contributed by atoms with Crippen LogP contribution in [0.3, 0.4) is 0 Å². The summed E-state index contributed by atoms with van der Waals surface area (Å²) in [7, 11) is 0. The fraction of sp³-hybridized carbons (Fsp3) is 0.571. The Morgan fingerprint density at radius 2 is 2.11 bits per heavy atom. The van der Waals surface area contributed by atoms with E-state index in [0.717, 1.165) is 0 Å². The lowest BCUT2D eigenvalue weighted by Crippen LogP contribution is -2.47. The van der Waals surface area contributed by atoms with Crippen molar-refractivity contribution >= 4 is 17.5 Å². The van der Waals surface area contributed by atoms with E-state index in [1.54, 1.807) is 26.0 Å². The number of hydrogen-bond acceptors (Lipinski definition) is 6. The Morgan fingerprint density at radius 1 is 1.36 bits per heavy atom. The van der Waals surface area contributed by atoms with Gasteiger partial charge in [0.2, 0.25) is 0 Å². The summed E-state index contributed by atoms with van der Waals surface area (Å²) in [5, 5.41) is 4.13. The van der Waals surface area contributed by atoms with Crippen LogP contribution < -0.4 is 0 Å². The van der Waals surface area contributed by atoms with Crippen LogP contribution in [0.5, 0.6) is 0 Å². The van der Waals surface area contributed by atoms with Gasteiger partial charge in [-0.2, -0.15) is 0 Å². The van der Waals surface area contributed by atoms with Gasteiger partial charge < -0.3 is 9.57 Å². The molecule has 1 saturated heterocycles.